The number of nitro benzene ring substituents is 1. The van der Waals surface area contributed by atoms with Crippen LogP contribution in [0.2, 0.25) is 5.02 Å². The molecule has 2 aromatic rings. The monoisotopic (exact) mass is 305 g/mol. The molecule has 6 heteroatoms. The molecule has 21 heavy (non-hydrogen) atoms. The van der Waals surface area contributed by atoms with Crippen LogP contribution in [-0.2, 0) is 6.54 Å². The lowest BCUT2D eigenvalue weighted by atomic mass is 10.2. The van der Waals surface area contributed by atoms with Crippen molar-refractivity contribution in [1.29, 1.82) is 0 Å². The highest BCUT2D eigenvalue weighted by Crippen LogP contribution is 2.28. The van der Waals surface area contributed by atoms with Gasteiger partial charge in [-0.2, -0.15) is 0 Å². The summed E-state index contributed by atoms with van der Waals surface area (Å²) in [5.74, 6) is 0. The van der Waals surface area contributed by atoms with Gasteiger partial charge in [0.05, 0.1) is 16.3 Å². The summed E-state index contributed by atoms with van der Waals surface area (Å²) in [4.78, 5) is 12.2. The first-order chi connectivity index (χ1) is 9.97. The summed E-state index contributed by atoms with van der Waals surface area (Å²) in [6.07, 6.45) is 0. The SMILES string of the molecule is CN(C)c1ccc(Cl)cc1NCc1ccc([N+](=O)[O-])cc1. The van der Waals surface area contributed by atoms with Crippen molar-refractivity contribution >= 4 is 28.7 Å². The van der Waals surface area contributed by atoms with Gasteiger partial charge in [0.15, 0.2) is 0 Å². The molecule has 0 heterocycles. The number of benzene rings is 2. The topological polar surface area (TPSA) is 58.4 Å². The van der Waals surface area contributed by atoms with Gasteiger partial charge in [-0.1, -0.05) is 23.7 Å². The zero-order valence-corrected chi connectivity index (χ0v) is 12.6. The lowest BCUT2D eigenvalue weighted by Gasteiger charge is -2.19. The molecular weight excluding hydrogens is 290 g/mol. The molecule has 0 aliphatic carbocycles. The highest BCUT2D eigenvalue weighted by atomic mass is 35.5. The van der Waals surface area contributed by atoms with Gasteiger partial charge in [0.1, 0.15) is 0 Å². The van der Waals surface area contributed by atoms with Crippen LogP contribution in [0.5, 0.6) is 0 Å². The number of nitrogens with one attached hydrogen (secondary N) is 1. The van der Waals surface area contributed by atoms with Crippen molar-refractivity contribution in [2.24, 2.45) is 0 Å². The summed E-state index contributed by atoms with van der Waals surface area (Å²) in [5, 5.41) is 14.6. The van der Waals surface area contributed by atoms with Gasteiger partial charge in [-0.05, 0) is 23.8 Å². The van der Waals surface area contributed by atoms with Gasteiger partial charge in [-0.15, -0.1) is 0 Å². The van der Waals surface area contributed by atoms with E-state index in [1.165, 1.54) is 12.1 Å². The second-order valence-electron chi connectivity index (χ2n) is 4.83. The van der Waals surface area contributed by atoms with Crippen LogP contribution in [0.25, 0.3) is 0 Å². The Kier molecular flexibility index (Phi) is 4.65. The molecule has 0 bridgehead atoms. The molecule has 0 unspecified atom stereocenters. The van der Waals surface area contributed by atoms with Gasteiger partial charge in [-0.3, -0.25) is 10.1 Å². The Hall–Kier alpha value is -2.27. The van der Waals surface area contributed by atoms with E-state index < -0.39 is 4.92 Å². The minimum atomic E-state index is -0.404. The van der Waals surface area contributed by atoms with E-state index in [9.17, 15) is 10.1 Å². The van der Waals surface area contributed by atoms with E-state index in [1.54, 1.807) is 12.1 Å². The van der Waals surface area contributed by atoms with E-state index >= 15 is 0 Å². The van der Waals surface area contributed by atoms with E-state index in [1.807, 2.05) is 37.2 Å². The average molecular weight is 306 g/mol. The lowest BCUT2D eigenvalue weighted by molar-refractivity contribution is -0.384. The van der Waals surface area contributed by atoms with Crippen LogP contribution in [0.3, 0.4) is 0 Å². The first-order valence-corrected chi connectivity index (χ1v) is 6.79. The smallest absolute Gasteiger partial charge is 0.269 e. The van der Waals surface area contributed by atoms with Gasteiger partial charge in [0.25, 0.3) is 5.69 Å². The van der Waals surface area contributed by atoms with Gasteiger partial charge >= 0.3 is 0 Å². The number of anilines is 2. The number of nitrogens with zero attached hydrogens (tertiary/aromatic N) is 2. The van der Waals surface area contributed by atoms with Crippen molar-refractivity contribution in [3.05, 3.63) is 63.2 Å². The van der Waals surface area contributed by atoms with E-state index in [0.717, 1.165) is 16.9 Å². The molecule has 0 amide bonds. The molecule has 0 aliphatic heterocycles. The highest BCUT2D eigenvalue weighted by Gasteiger charge is 2.07. The molecule has 1 N–H and O–H groups in total. The molecule has 0 spiro atoms. The zero-order chi connectivity index (χ0) is 15.4. The molecule has 2 aromatic carbocycles. The Morgan fingerprint density at radius 3 is 2.43 bits per heavy atom. The van der Waals surface area contributed by atoms with Crippen LogP contribution in [0.4, 0.5) is 17.1 Å². The third-order valence-corrected chi connectivity index (χ3v) is 3.31. The number of rotatable bonds is 5. The van der Waals surface area contributed by atoms with Crippen molar-refractivity contribution < 1.29 is 4.92 Å². The average Bonchev–Trinajstić information content (AvgIpc) is 2.45. The first-order valence-electron chi connectivity index (χ1n) is 6.41. The Labute approximate surface area is 128 Å². The number of non-ortho nitro benzene ring substituents is 1. The molecule has 0 saturated carbocycles. The summed E-state index contributed by atoms with van der Waals surface area (Å²) in [6, 6.07) is 12.1. The molecule has 5 nitrogen and oxygen atoms in total. The number of hydrogen-bond acceptors (Lipinski definition) is 4. The van der Waals surface area contributed by atoms with E-state index in [-0.39, 0.29) is 5.69 Å². The molecule has 0 atom stereocenters. The molecule has 0 aromatic heterocycles. The fraction of sp³-hybridized carbons (Fsp3) is 0.200. The van der Waals surface area contributed by atoms with Gasteiger partial charge in [-0.25, -0.2) is 0 Å². The van der Waals surface area contributed by atoms with E-state index in [0.29, 0.717) is 11.6 Å². The molecular formula is C15H16ClN3O2. The fourth-order valence-electron chi connectivity index (χ4n) is 1.97. The number of hydrogen-bond donors (Lipinski definition) is 1. The van der Waals surface area contributed by atoms with Crippen molar-refractivity contribution in [1.82, 2.24) is 0 Å². The van der Waals surface area contributed by atoms with Crippen molar-refractivity contribution in [2.75, 3.05) is 24.3 Å². The molecule has 0 fully saturated rings. The molecule has 110 valence electrons. The Morgan fingerprint density at radius 1 is 1.19 bits per heavy atom. The summed E-state index contributed by atoms with van der Waals surface area (Å²) < 4.78 is 0. The second-order valence-corrected chi connectivity index (χ2v) is 5.27. The van der Waals surface area contributed by atoms with Crippen molar-refractivity contribution in [3.63, 3.8) is 0 Å². The maximum atomic E-state index is 10.6. The van der Waals surface area contributed by atoms with Crippen LogP contribution in [0.15, 0.2) is 42.5 Å². The van der Waals surface area contributed by atoms with Crippen molar-refractivity contribution in [2.45, 2.75) is 6.54 Å². The quantitative estimate of drug-likeness (QED) is 0.672. The summed E-state index contributed by atoms with van der Waals surface area (Å²) in [7, 11) is 3.92. The Balaban J connectivity index is 2.12. The predicted molar refractivity (Wildman–Crippen MR) is 86.2 cm³/mol. The molecule has 2 rings (SSSR count). The third-order valence-electron chi connectivity index (χ3n) is 3.07. The Bertz CT molecular complexity index is 642. The lowest BCUT2D eigenvalue weighted by Crippen LogP contribution is -2.12. The van der Waals surface area contributed by atoms with Crippen LogP contribution < -0.4 is 10.2 Å². The second kappa shape index (κ2) is 6.45. The summed E-state index contributed by atoms with van der Waals surface area (Å²) in [6.45, 7) is 0.569. The van der Waals surface area contributed by atoms with Gasteiger partial charge in [0, 0.05) is 37.8 Å². The van der Waals surface area contributed by atoms with Gasteiger partial charge < -0.3 is 10.2 Å². The fourth-order valence-corrected chi connectivity index (χ4v) is 2.14. The minimum Gasteiger partial charge on any atom is -0.379 e. The largest absolute Gasteiger partial charge is 0.379 e. The predicted octanol–water partition coefficient (Wildman–Crippen LogP) is 3.93. The van der Waals surface area contributed by atoms with Crippen LogP contribution in [0, 0.1) is 10.1 Å². The highest BCUT2D eigenvalue weighted by molar-refractivity contribution is 6.31. The zero-order valence-electron chi connectivity index (χ0n) is 11.8. The maximum Gasteiger partial charge on any atom is 0.269 e. The molecule has 0 saturated heterocycles. The van der Waals surface area contributed by atoms with Crippen LogP contribution >= 0.6 is 11.6 Å². The molecule has 0 aliphatic rings. The van der Waals surface area contributed by atoms with E-state index in [2.05, 4.69) is 5.32 Å². The number of halogens is 1. The van der Waals surface area contributed by atoms with Crippen LogP contribution in [0.1, 0.15) is 5.56 Å². The number of nitro groups is 1. The molecule has 0 radical (unpaired) electrons. The van der Waals surface area contributed by atoms with E-state index in [4.69, 9.17) is 11.6 Å². The standard InChI is InChI=1S/C15H16ClN3O2/c1-18(2)15-8-5-12(16)9-14(15)17-10-11-3-6-13(7-4-11)19(20)21/h3-9,17H,10H2,1-2H3. The Morgan fingerprint density at radius 2 is 1.86 bits per heavy atom. The summed E-state index contributed by atoms with van der Waals surface area (Å²) in [5.41, 5.74) is 3.01. The van der Waals surface area contributed by atoms with Gasteiger partial charge in [0.2, 0.25) is 0 Å². The summed E-state index contributed by atoms with van der Waals surface area (Å²) >= 11 is 6.03. The van der Waals surface area contributed by atoms with Crippen molar-refractivity contribution in [3.8, 4) is 0 Å². The first kappa shape index (κ1) is 15.1. The minimum absolute atomic E-state index is 0.0930. The van der Waals surface area contributed by atoms with Crippen LogP contribution in [-0.4, -0.2) is 19.0 Å². The third kappa shape index (κ3) is 3.86. The maximum absolute atomic E-state index is 10.6. The normalized spacial score (nSPS) is 10.2.